The second-order valence-electron chi connectivity index (χ2n) is 6.81. The van der Waals surface area contributed by atoms with Crippen LogP contribution in [0.2, 0.25) is 0 Å². The van der Waals surface area contributed by atoms with Crippen LogP contribution in [0.3, 0.4) is 0 Å². The third kappa shape index (κ3) is 5.64. The lowest BCUT2D eigenvalue weighted by molar-refractivity contribution is -0.141. The highest BCUT2D eigenvalue weighted by Crippen LogP contribution is 2.25. The summed E-state index contributed by atoms with van der Waals surface area (Å²) in [5.41, 5.74) is 1.55. The molecule has 0 aromatic heterocycles. The van der Waals surface area contributed by atoms with Gasteiger partial charge in [0, 0.05) is 10.6 Å². The van der Waals surface area contributed by atoms with Crippen LogP contribution in [0.15, 0.2) is 95.9 Å². The second kappa shape index (κ2) is 10.5. The first kappa shape index (κ1) is 21.5. The zero-order chi connectivity index (χ0) is 21.3. The van der Waals surface area contributed by atoms with Crippen LogP contribution in [0.25, 0.3) is 0 Å². The minimum Gasteiger partial charge on any atom is -0.480 e. The largest absolute Gasteiger partial charge is 0.480 e. The van der Waals surface area contributed by atoms with Crippen LogP contribution < -0.4 is 5.32 Å². The smallest absolute Gasteiger partial charge is 0.326 e. The number of benzene rings is 3. The van der Waals surface area contributed by atoms with Gasteiger partial charge in [0.1, 0.15) is 6.04 Å². The van der Waals surface area contributed by atoms with Gasteiger partial charge in [-0.25, -0.2) is 4.79 Å². The van der Waals surface area contributed by atoms with Crippen molar-refractivity contribution in [2.24, 2.45) is 0 Å². The van der Waals surface area contributed by atoms with Crippen LogP contribution in [0, 0.1) is 0 Å². The first-order valence-electron chi connectivity index (χ1n) is 9.62. The lowest BCUT2D eigenvalue weighted by Crippen LogP contribution is -2.44. The molecule has 0 unspecified atom stereocenters. The van der Waals surface area contributed by atoms with Gasteiger partial charge < -0.3 is 10.4 Å². The quantitative estimate of drug-likeness (QED) is 0.553. The van der Waals surface area contributed by atoms with E-state index in [9.17, 15) is 18.9 Å². The molecule has 3 aromatic rings. The van der Waals surface area contributed by atoms with Crippen molar-refractivity contribution in [3.63, 3.8) is 0 Å². The number of hydrogen-bond donors (Lipinski definition) is 2. The summed E-state index contributed by atoms with van der Waals surface area (Å²) < 4.78 is 12.4. The molecule has 0 heterocycles. The van der Waals surface area contributed by atoms with Crippen molar-refractivity contribution in [3.8, 4) is 0 Å². The van der Waals surface area contributed by atoms with Crippen molar-refractivity contribution in [2.75, 3.05) is 5.75 Å². The van der Waals surface area contributed by atoms with Gasteiger partial charge >= 0.3 is 5.97 Å². The molecule has 0 aliphatic heterocycles. The molecule has 0 bridgehead atoms. The Morgan fingerprint density at radius 3 is 1.73 bits per heavy atom. The zero-order valence-corrected chi connectivity index (χ0v) is 17.1. The molecule has 6 heteroatoms. The fraction of sp³-hybridized carbons (Fsp3) is 0.167. The Labute approximate surface area is 178 Å². The summed E-state index contributed by atoms with van der Waals surface area (Å²) in [6.07, 6.45) is 0.0683. The average Bonchev–Trinajstić information content (AvgIpc) is 2.78. The highest BCUT2D eigenvalue weighted by molar-refractivity contribution is 7.85. The summed E-state index contributed by atoms with van der Waals surface area (Å²) >= 11 is 0. The number of carbonyl (C=O) groups is 2. The number of nitrogens with one attached hydrogen (secondary N) is 1. The molecule has 0 saturated carbocycles. The van der Waals surface area contributed by atoms with Crippen LogP contribution in [0.5, 0.6) is 0 Å². The van der Waals surface area contributed by atoms with Crippen molar-refractivity contribution in [2.45, 2.75) is 23.3 Å². The molecule has 0 saturated heterocycles. The first-order valence-corrected chi connectivity index (χ1v) is 10.9. The molecule has 3 aromatic carbocycles. The topological polar surface area (TPSA) is 83.5 Å². The molecule has 0 fully saturated rings. The van der Waals surface area contributed by atoms with E-state index >= 15 is 0 Å². The number of rotatable bonds is 9. The Balaban J connectivity index is 1.75. The molecule has 154 valence electrons. The van der Waals surface area contributed by atoms with E-state index in [2.05, 4.69) is 5.32 Å². The van der Waals surface area contributed by atoms with Crippen molar-refractivity contribution < 1.29 is 18.9 Å². The van der Waals surface area contributed by atoms with Crippen LogP contribution >= 0.6 is 0 Å². The van der Waals surface area contributed by atoms with Gasteiger partial charge in [0.25, 0.3) is 0 Å². The lowest BCUT2D eigenvalue weighted by atomic mass is 9.90. The van der Waals surface area contributed by atoms with Crippen LogP contribution in [-0.2, 0) is 20.4 Å². The fourth-order valence-corrected chi connectivity index (χ4v) is 4.36. The molecule has 3 rings (SSSR count). The molecular formula is C24H23NO4S. The van der Waals surface area contributed by atoms with Crippen LogP contribution in [0.4, 0.5) is 0 Å². The number of amides is 1. The molecule has 2 atom stereocenters. The summed E-state index contributed by atoms with van der Waals surface area (Å²) in [5.74, 6) is -2.03. The lowest BCUT2D eigenvalue weighted by Gasteiger charge is -2.21. The Morgan fingerprint density at radius 1 is 0.800 bits per heavy atom. The van der Waals surface area contributed by atoms with Crippen molar-refractivity contribution in [1.82, 2.24) is 5.32 Å². The molecule has 30 heavy (non-hydrogen) atoms. The van der Waals surface area contributed by atoms with Gasteiger partial charge in [-0.3, -0.25) is 9.00 Å². The van der Waals surface area contributed by atoms with E-state index in [-0.39, 0.29) is 12.2 Å². The second-order valence-corrected chi connectivity index (χ2v) is 8.38. The maximum Gasteiger partial charge on any atom is 0.326 e. The third-order valence-corrected chi connectivity index (χ3v) is 6.15. The Hall–Kier alpha value is -3.25. The first-order chi connectivity index (χ1) is 14.6. The third-order valence-electron chi connectivity index (χ3n) is 4.74. The van der Waals surface area contributed by atoms with E-state index in [0.717, 1.165) is 11.1 Å². The van der Waals surface area contributed by atoms with Gasteiger partial charge in [-0.15, -0.1) is 0 Å². The molecule has 0 aliphatic carbocycles. The fourth-order valence-electron chi connectivity index (χ4n) is 3.21. The number of carbonyl (C=O) groups excluding carboxylic acids is 1. The number of hydrogen-bond acceptors (Lipinski definition) is 3. The molecule has 0 radical (unpaired) electrons. The maximum absolute atomic E-state index is 13.1. The summed E-state index contributed by atoms with van der Waals surface area (Å²) in [6, 6.07) is 26.2. The van der Waals surface area contributed by atoms with Gasteiger partial charge in [-0.05, 0) is 29.7 Å². The maximum atomic E-state index is 13.1. The number of carboxylic acid groups (broad SMARTS) is 1. The summed E-state index contributed by atoms with van der Waals surface area (Å²) in [5, 5.41) is 12.3. The van der Waals surface area contributed by atoms with E-state index in [1.54, 1.807) is 24.3 Å². The average molecular weight is 422 g/mol. The predicted molar refractivity (Wildman–Crippen MR) is 117 cm³/mol. The van der Waals surface area contributed by atoms with Gasteiger partial charge in [0.15, 0.2) is 0 Å². The Bertz CT molecular complexity index is 954. The van der Waals surface area contributed by atoms with Gasteiger partial charge in [0.05, 0.1) is 16.7 Å². The molecule has 0 aliphatic rings. The standard InChI is InChI=1S/C24H23NO4S/c26-23(22(18-10-4-1-5-11-18)19-12-6-2-7-13-19)25-21(24(27)28)16-17-30(29)20-14-8-3-9-15-20/h1-15,21-22H,16-17H2,(H,25,26)(H,27,28)/t21-,30+/m0/s1. The van der Waals surface area contributed by atoms with Crippen LogP contribution in [0.1, 0.15) is 23.5 Å². The number of carboxylic acids is 1. The van der Waals surface area contributed by atoms with Gasteiger partial charge in [-0.2, -0.15) is 0 Å². The van der Waals surface area contributed by atoms with E-state index < -0.39 is 34.6 Å². The van der Waals surface area contributed by atoms with Crippen molar-refractivity contribution >= 4 is 22.7 Å². The molecule has 5 nitrogen and oxygen atoms in total. The van der Waals surface area contributed by atoms with E-state index in [0.29, 0.717) is 4.90 Å². The monoisotopic (exact) mass is 421 g/mol. The highest BCUT2D eigenvalue weighted by atomic mass is 32.2. The number of aliphatic carboxylic acids is 1. The normalized spacial score (nSPS) is 12.8. The van der Waals surface area contributed by atoms with Crippen molar-refractivity contribution in [1.29, 1.82) is 0 Å². The highest BCUT2D eigenvalue weighted by Gasteiger charge is 2.28. The van der Waals surface area contributed by atoms with Gasteiger partial charge in [-0.1, -0.05) is 78.9 Å². The Kier molecular flexibility index (Phi) is 7.51. The molecule has 0 spiro atoms. The summed E-state index contributed by atoms with van der Waals surface area (Å²) in [4.78, 5) is 25.5. The summed E-state index contributed by atoms with van der Waals surface area (Å²) in [6.45, 7) is 0. The summed E-state index contributed by atoms with van der Waals surface area (Å²) in [7, 11) is -1.33. The molecular weight excluding hydrogens is 398 g/mol. The predicted octanol–water partition coefficient (Wildman–Crippen LogP) is 3.59. The minimum atomic E-state index is -1.33. The van der Waals surface area contributed by atoms with E-state index in [1.807, 2.05) is 66.7 Å². The van der Waals surface area contributed by atoms with E-state index in [4.69, 9.17) is 0 Å². The zero-order valence-electron chi connectivity index (χ0n) is 16.3. The van der Waals surface area contributed by atoms with E-state index in [1.165, 1.54) is 0 Å². The van der Waals surface area contributed by atoms with Crippen LogP contribution in [-0.4, -0.2) is 33.0 Å². The Morgan fingerprint density at radius 2 is 1.27 bits per heavy atom. The van der Waals surface area contributed by atoms with Gasteiger partial charge in [0.2, 0.25) is 5.91 Å². The SMILES string of the molecule is O=C(N[C@@H](CC[S@@](=O)c1ccccc1)C(=O)O)C(c1ccccc1)c1ccccc1. The molecule has 2 N–H and O–H groups in total. The minimum absolute atomic E-state index is 0.0683. The van der Waals surface area contributed by atoms with Crippen molar-refractivity contribution in [3.05, 3.63) is 102 Å². The molecule has 1 amide bonds.